The van der Waals surface area contributed by atoms with Crippen molar-refractivity contribution in [2.45, 2.75) is 64.8 Å². The maximum atomic E-state index is 13.0. The van der Waals surface area contributed by atoms with E-state index in [0.717, 1.165) is 0 Å². The molecule has 164 valence electrons. The van der Waals surface area contributed by atoms with Gasteiger partial charge in [-0.05, 0) is 52.3 Å². The third-order valence-electron chi connectivity index (χ3n) is 5.26. The highest BCUT2D eigenvalue weighted by molar-refractivity contribution is 6.02. The molecule has 1 saturated carbocycles. The largest absolute Gasteiger partial charge is 0.463 e. The zero-order chi connectivity index (χ0) is 22.2. The number of ether oxygens (including phenoxy) is 4. The lowest BCUT2D eigenvalue weighted by atomic mass is 9.61. The van der Waals surface area contributed by atoms with Crippen molar-refractivity contribution in [2.24, 2.45) is 11.8 Å². The molecule has 0 unspecified atom stereocenters. The van der Waals surface area contributed by atoms with E-state index in [1.165, 1.54) is 6.92 Å². The Balaban J connectivity index is 2.12. The van der Waals surface area contributed by atoms with Gasteiger partial charge in [0.1, 0.15) is 5.92 Å². The number of hydrogen-bond acceptors (Lipinski definition) is 8. The highest BCUT2D eigenvalue weighted by Crippen LogP contribution is 2.48. The fraction of sp³-hybridized carbons (Fsp3) is 0.591. The topological polar surface area (TPSA) is 108 Å². The fourth-order valence-electron chi connectivity index (χ4n) is 4.15. The molecule has 2 aliphatic rings. The van der Waals surface area contributed by atoms with Gasteiger partial charge in [-0.3, -0.25) is 14.4 Å². The molecule has 0 bridgehead atoms. The third kappa shape index (κ3) is 4.28. The molecule has 4 atom stereocenters. The Morgan fingerprint density at radius 2 is 1.67 bits per heavy atom. The minimum Gasteiger partial charge on any atom is -0.463 e. The van der Waals surface area contributed by atoms with Gasteiger partial charge in [0.05, 0.1) is 23.7 Å². The second-order valence-electron chi connectivity index (χ2n) is 8.57. The quantitative estimate of drug-likeness (QED) is 0.571. The molecule has 1 N–H and O–H groups in total. The van der Waals surface area contributed by atoms with E-state index >= 15 is 0 Å². The Bertz CT molecular complexity index is 834. The van der Waals surface area contributed by atoms with Crippen molar-refractivity contribution in [3.8, 4) is 11.5 Å². The minimum absolute atomic E-state index is 0.0533. The SMILES string of the molecule is CC(C)OC(=O)[C@@H]1C(=O)C[C@](C)(O)[C@H](C(=O)OC(C)C)[C@@H]1c1ccc2c(c1)OCO2. The van der Waals surface area contributed by atoms with Crippen molar-refractivity contribution in [1.29, 1.82) is 0 Å². The first kappa shape index (κ1) is 22.1. The van der Waals surface area contributed by atoms with Gasteiger partial charge in [-0.2, -0.15) is 0 Å². The number of ketones is 1. The second kappa shape index (κ2) is 8.26. The van der Waals surface area contributed by atoms with Crippen LogP contribution in [0.2, 0.25) is 0 Å². The van der Waals surface area contributed by atoms with Crippen LogP contribution in [0.5, 0.6) is 11.5 Å². The summed E-state index contributed by atoms with van der Waals surface area (Å²) in [6.45, 7) is 8.23. The predicted octanol–water partition coefficient (Wildman–Crippen LogP) is 2.36. The number of esters is 2. The number of hydrogen-bond donors (Lipinski definition) is 1. The van der Waals surface area contributed by atoms with Crippen LogP contribution in [0, 0.1) is 11.8 Å². The molecule has 8 heteroatoms. The molecule has 1 fully saturated rings. The number of benzene rings is 1. The fourth-order valence-corrected chi connectivity index (χ4v) is 4.15. The Labute approximate surface area is 175 Å². The normalized spacial score (nSPS) is 28.0. The van der Waals surface area contributed by atoms with Crippen LogP contribution >= 0.6 is 0 Å². The second-order valence-corrected chi connectivity index (χ2v) is 8.57. The van der Waals surface area contributed by atoms with Crippen LogP contribution in [0.1, 0.15) is 52.5 Å². The Morgan fingerprint density at radius 3 is 2.30 bits per heavy atom. The van der Waals surface area contributed by atoms with Crippen LogP contribution in [0.15, 0.2) is 18.2 Å². The van der Waals surface area contributed by atoms with Gasteiger partial charge in [0.25, 0.3) is 0 Å². The molecule has 3 rings (SSSR count). The van der Waals surface area contributed by atoms with Gasteiger partial charge in [-0.15, -0.1) is 0 Å². The van der Waals surface area contributed by atoms with Gasteiger partial charge in [0.15, 0.2) is 17.3 Å². The zero-order valence-corrected chi connectivity index (χ0v) is 17.8. The molecule has 1 aromatic rings. The van der Waals surface area contributed by atoms with Crippen LogP contribution in [-0.2, 0) is 23.9 Å². The molecule has 1 aliphatic heterocycles. The van der Waals surface area contributed by atoms with E-state index < -0.39 is 53.3 Å². The number of Topliss-reactive ketones (excluding diaryl/α,β-unsaturated/α-hetero) is 1. The zero-order valence-electron chi connectivity index (χ0n) is 17.8. The van der Waals surface area contributed by atoms with Crippen LogP contribution in [0.4, 0.5) is 0 Å². The predicted molar refractivity (Wildman–Crippen MR) is 105 cm³/mol. The van der Waals surface area contributed by atoms with E-state index in [0.29, 0.717) is 17.1 Å². The van der Waals surface area contributed by atoms with E-state index in [-0.39, 0.29) is 13.2 Å². The first-order chi connectivity index (χ1) is 14.0. The summed E-state index contributed by atoms with van der Waals surface area (Å²) in [7, 11) is 0. The number of carbonyl (C=O) groups excluding carboxylic acids is 3. The van der Waals surface area contributed by atoms with Crippen molar-refractivity contribution in [3.05, 3.63) is 23.8 Å². The van der Waals surface area contributed by atoms with Crippen molar-refractivity contribution in [2.75, 3.05) is 6.79 Å². The van der Waals surface area contributed by atoms with Crippen molar-refractivity contribution < 1.29 is 38.4 Å². The monoisotopic (exact) mass is 420 g/mol. The highest BCUT2D eigenvalue weighted by atomic mass is 16.7. The maximum Gasteiger partial charge on any atom is 0.317 e. The number of rotatable bonds is 5. The van der Waals surface area contributed by atoms with Crippen LogP contribution in [0.3, 0.4) is 0 Å². The van der Waals surface area contributed by atoms with E-state index in [4.69, 9.17) is 18.9 Å². The van der Waals surface area contributed by atoms with Gasteiger partial charge in [-0.25, -0.2) is 0 Å². The summed E-state index contributed by atoms with van der Waals surface area (Å²) >= 11 is 0. The van der Waals surface area contributed by atoms with Gasteiger partial charge in [-0.1, -0.05) is 6.07 Å². The standard InChI is InChI=1S/C22H28O8/c1-11(2)29-20(24)18-14(23)9-22(5,26)19(21(25)30-12(3)4)17(18)13-6-7-15-16(8-13)28-10-27-15/h6-8,11-12,17-19,26H,9-10H2,1-5H3/t17-,18-,19+,22+/m1/s1. The average molecular weight is 420 g/mol. The average Bonchev–Trinajstić information content (AvgIpc) is 3.06. The molecule has 1 aliphatic carbocycles. The number of aliphatic hydroxyl groups is 1. The molecular weight excluding hydrogens is 392 g/mol. The van der Waals surface area contributed by atoms with Crippen LogP contribution in [-0.4, -0.2) is 47.4 Å². The summed E-state index contributed by atoms with van der Waals surface area (Å²) in [4.78, 5) is 38.9. The van der Waals surface area contributed by atoms with Gasteiger partial charge in [0.2, 0.25) is 6.79 Å². The summed E-state index contributed by atoms with van der Waals surface area (Å²) in [6, 6.07) is 4.95. The number of fused-ring (bicyclic) bond motifs is 1. The molecule has 1 aromatic carbocycles. The summed E-state index contributed by atoms with van der Waals surface area (Å²) < 4.78 is 21.5. The lowest BCUT2D eigenvalue weighted by Crippen LogP contribution is -2.55. The maximum absolute atomic E-state index is 13.0. The van der Waals surface area contributed by atoms with Gasteiger partial charge < -0.3 is 24.1 Å². The Hall–Kier alpha value is -2.61. The summed E-state index contributed by atoms with van der Waals surface area (Å²) in [5.41, 5.74) is -1.21. The third-order valence-corrected chi connectivity index (χ3v) is 5.26. The van der Waals surface area contributed by atoms with Crippen LogP contribution < -0.4 is 9.47 Å². The van der Waals surface area contributed by atoms with Crippen molar-refractivity contribution in [3.63, 3.8) is 0 Å². The first-order valence-corrected chi connectivity index (χ1v) is 10.1. The van der Waals surface area contributed by atoms with Gasteiger partial charge >= 0.3 is 11.9 Å². The summed E-state index contributed by atoms with van der Waals surface area (Å²) in [5.74, 6) is -4.30. The molecule has 0 aromatic heterocycles. The Morgan fingerprint density at radius 1 is 1.07 bits per heavy atom. The van der Waals surface area contributed by atoms with Crippen LogP contribution in [0.25, 0.3) is 0 Å². The van der Waals surface area contributed by atoms with E-state index in [9.17, 15) is 19.5 Å². The first-order valence-electron chi connectivity index (χ1n) is 10.1. The van der Waals surface area contributed by atoms with Crippen molar-refractivity contribution in [1.82, 2.24) is 0 Å². The lowest BCUT2D eigenvalue weighted by Gasteiger charge is -2.44. The lowest BCUT2D eigenvalue weighted by molar-refractivity contribution is -0.176. The van der Waals surface area contributed by atoms with Crippen molar-refractivity contribution >= 4 is 17.7 Å². The number of carbonyl (C=O) groups is 3. The molecule has 8 nitrogen and oxygen atoms in total. The minimum atomic E-state index is -1.70. The molecule has 0 saturated heterocycles. The molecule has 0 spiro atoms. The molecule has 0 amide bonds. The molecular formula is C22H28O8. The molecule has 30 heavy (non-hydrogen) atoms. The van der Waals surface area contributed by atoms with E-state index in [2.05, 4.69) is 0 Å². The van der Waals surface area contributed by atoms with E-state index in [1.807, 2.05) is 0 Å². The summed E-state index contributed by atoms with van der Waals surface area (Å²) in [5, 5.41) is 11.1. The van der Waals surface area contributed by atoms with Gasteiger partial charge in [0, 0.05) is 12.3 Å². The summed E-state index contributed by atoms with van der Waals surface area (Å²) in [6.07, 6.45) is -1.22. The Kier molecular flexibility index (Phi) is 6.08. The molecule has 0 radical (unpaired) electrons. The van der Waals surface area contributed by atoms with E-state index in [1.54, 1.807) is 45.9 Å². The smallest absolute Gasteiger partial charge is 0.317 e. The highest BCUT2D eigenvalue weighted by Gasteiger charge is 2.57. The molecule has 1 heterocycles.